The molecule has 0 atom stereocenters. The molecule has 0 saturated carbocycles. The van der Waals surface area contributed by atoms with Crippen molar-refractivity contribution in [1.82, 2.24) is 14.8 Å². The number of hydrogen-bond donors (Lipinski definition) is 1. The van der Waals surface area contributed by atoms with E-state index in [1.165, 1.54) is 0 Å². The molecule has 4 heterocycles. The highest BCUT2D eigenvalue weighted by Gasteiger charge is 2.24. The summed E-state index contributed by atoms with van der Waals surface area (Å²) >= 11 is 0. The summed E-state index contributed by atoms with van der Waals surface area (Å²) in [6.07, 6.45) is 3.56. The zero-order chi connectivity index (χ0) is 22.9. The van der Waals surface area contributed by atoms with E-state index in [1.807, 2.05) is 24.3 Å². The lowest BCUT2D eigenvalue weighted by Gasteiger charge is -2.31. The number of nitrogens with one attached hydrogen (secondary N) is 1. The number of benzene rings is 2. The first kappa shape index (κ1) is 21.3. The molecule has 6 nitrogen and oxygen atoms in total. The van der Waals surface area contributed by atoms with E-state index in [4.69, 9.17) is 9.15 Å². The second kappa shape index (κ2) is 9.18. The van der Waals surface area contributed by atoms with Crippen LogP contribution < -0.4 is 10.1 Å². The molecule has 0 spiro atoms. The maximum atomic E-state index is 12.9. The standard InChI is InChI=1S/C28H31N3O3/c32-27(17-24-23-7-2-3-8-25(23)31-12-5-15-33-28(24)31)29-18-20-10-13-30(14-11-20)19-22-16-21-6-1-4-9-26(21)34-22/h1-4,6-9,16,20H,5,10-15,17-19H2,(H,29,32). The number of ether oxygens (including phenoxy) is 1. The van der Waals surface area contributed by atoms with Gasteiger partial charge in [-0.05, 0) is 56.5 Å². The summed E-state index contributed by atoms with van der Waals surface area (Å²) in [5.41, 5.74) is 3.14. The minimum atomic E-state index is 0.0815. The molecule has 1 fully saturated rings. The second-order valence-electron chi connectivity index (χ2n) is 9.61. The average Bonchev–Trinajstić information content (AvgIpc) is 3.42. The third-order valence-corrected chi connectivity index (χ3v) is 7.28. The number of nitrogens with zero attached hydrogens (tertiary/aromatic N) is 2. The molecule has 2 aliphatic rings. The number of carbonyl (C=O) groups excluding carboxylic acids is 1. The molecule has 1 saturated heterocycles. The molecule has 2 aliphatic heterocycles. The molecule has 34 heavy (non-hydrogen) atoms. The van der Waals surface area contributed by atoms with E-state index >= 15 is 0 Å². The van der Waals surface area contributed by atoms with E-state index in [1.54, 1.807) is 0 Å². The van der Waals surface area contributed by atoms with Crippen LogP contribution in [-0.4, -0.2) is 41.6 Å². The summed E-state index contributed by atoms with van der Waals surface area (Å²) in [5, 5.41) is 5.50. The van der Waals surface area contributed by atoms with Crippen molar-refractivity contribution in [3.63, 3.8) is 0 Å². The first-order valence-electron chi connectivity index (χ1n) is 12.4. The van der Waals surface area contributed by atoms with Gasteiger partial charge in [-0.15, -0.1) is 0 Å². The Labute approximate surface area is 199 Å². The quantitative estimate of drug-likeness (QED) is 0.454. The van der Waals surface area contributed by atoms with Crippen LogP contribution in [0.5, 0.6) is 5.88 Å². The number of aryl methyl sites for hydroxylation is 1. The third kappa shape index (κ3) is 4.18. The van der Waals surface area contributed by atoms with Crippen molar-refractivity contribution >= 4 is 27.8 Å². The zero-order valence-electron chi connectivity index (χ0n) is 19.5. The number of carbonyl (C=O) groups is 1. The molecule has 6 heteroatoms. The van der Waals surface area contributed by atoms with E-state index in [9.17, 15) is 4.79 Å². The van der Waals surface area contributed by atoms with Gasteiger partial charge in [0.25, 0.3) is 0 Å². The maximum absolute atomic E-state index is 12.9. The Balaban J connectivity index is 1.02. The molecule has 0 bridgehead atoms. The van der Waals surface area contributed by atoms with Gasteiger partial charge in [-0.1, -0.05) is 36.4 Å². The highest BCUT2D eigenvalue weighted by molar-refractivity contribution is 5.92. The Bertz CT molecular complexity index is 1280. The smallest absolute Gasteiger partial charge is 0.224 e. The monoisotopic (exact) mass is 457 g/mol. The Hall–Kier alpha value is -3.25. The van der Waals surface area contributed by atoms with Crippen LogP contribution in [0.4, 0.5) is 0 Å². The van der Waals surface area contributed by atoms with Crippen LogP contribution in [0.3, 0.4) is 0 Å². The van der Waals surface area contributed by atoms with Gasteiger partial charge in [0.05, 0.1) is 25.1 Å². The number of amides is 1. The van der Waals surface area contributed by atoms with Gasteiger partial charge in [0.2, 0.25) is 5.91 Å². The van der Waals surface area contributed by atoms with Crippen LogP contribution in [0.25, 0.3) is 21.9 Å². The van der Waals surface area contributed by atoms with Gasteiger partial charge < -0.3 is 19.0 Å². The molecule has 0 unspecified atom stereocenters. The topological polar surface area (TPSA) is 59.6 Å². The van der Waals surface area contributed by atoms with Crippen molar-refractivity contribution in [3.8, 4) is 5.88 Å². The van der Waals surface area contributed by atoms with E-state index in [0.29, 0.717) is 12.3 Å². The summed E-state index contributed by atoms with van der Waals surface area (Å²) in [6.45, 7) is 5.32. The van der Waals surface area contributed by atoms with Crippen LogP contribution in [-0.2, 0) is 24.3 Å². The van der Waals surface area contributed by atoms with E-state index in [2.05, 4.69) is 45.1 Å². The minimum Gasteiger partial charge on any atom is -0.479 e. The van der Waals surface area contributed by atoms with Gasteiger partial charge in [0.15, 0.2) is 5.88 Å². The van der Waals surface area contributed by atoms with Crippen LogP contribution in [0.2, 0.25) is 0 Å². The SMILES string of the molecule is O=C(Cc1c2n(c3ccccc13)CCCO2)NCC1CCN(Cc2cc3ccccc3o2)CC1. The maximum Gasteiger partial charge on any atom is 0.224 e. The van der Waals surface area contributed by atoms with Crippen molar-refractivity contribution < 1.29 is 13.9 Å². The lowest BCUT2D eigenvalue weighted by molar-refractivity contribution is -0.120. The minimum absolute atomic E-state index is 0.0815. The number of furan rings is 1. The van der Waals surface area contributed by atoms with E-state index in [-0.39, 0.29) is 5.91 Å². The summed E-state index contributed by atoms with van der Waals surface area (Å²) < 4.78 is 14.2. The molecule has 2 aromatic carbocycles. The largest absolute Gasteiger partial charge is 0.479 e. The van der Waals surface area contributed by atoms with Gasteiger partial charge in [0.1, 0.15) is 11.3 Å². The predicted octanol–water partition coefficient (Wildman–Crippen LogP) is 4.74. The van der Waals surface area contributed by atoms with Crippen LogP contribution in [0, 0.1) is 5.92 Å². The summed E-state index contributed by atoms with van der Waals surface area (Å²) in [4.78, 5) is 15.3. The average molecular weight is 458 g/mol. The van der Waals surface area contributed by atoms with Crippen molar-refractivity contribution in [2.75, 3.05) is 26.2 Å². The van der Waals surface area contributed by atoms with Crippen molar-refractivity contribution in [3.05, 3.63) is 65.9 Å². The summed E-state index contributed by atoms with van der Waals surface area (Å²) in [7, 11) is 0. The molecule has 176 valence electrons. The number of hydrogen-bond acceptors (Lipinski definition) is 4. The molecular formula is C28H31N3O3. The van der Waals surface area contributed by atoms with Crippen LogP contribution in [0.1, 0.15) is 30.6 Å². The van der Waals surface area contributed by atoms with E-state index < -0.39 is 0 Å². The first-order valence-corrected chi connectivity index (χ1v) is 12.4. The molecule has 1 N–H and O–H groups in total. The first-order chi connectivity index (χ1) is 16.7. The predicted molar refractivity (Wildman–Crippen MR) is 133 cm³/mol. The second-order valence-corrected chi connectivity index (χ2v) is 9.61. The van der Waals surface area contributed by atoms with Crippen molar-refractivity contribution in [2.45, 2.75) is 38.8 Å². The number of aromatic nitrogens is 1. The molecule has 0 aliphatic carbocycles. The van der Waals surface area contributed by atoms with Crippen molar-refractivity contribution in [1.29, 1.82) is 0 Å². The van der Waals surface area contributed by atoms with Gasteiger partial charge in [-0.25, -0.2) is 0 Å². The number of rotatable bonds is 6. The van der Waals surface area contributed by atoms with E-state index in [0.717, 1.165) is 97.7 Å². The number of fused-ring (bicyclic) bond motifs is 4. The Morgan fingerprint density at radius 3 is 2.74 bits per heavy atom. The fourth-order valence-electron chi connectivity index (χ4n) is 5.47. The Morgan fingerprint density at radius 2 is 1.85 bits per heavy atom. The highest BCUT2D eigenvalue weighted by Crippen LogP contribution is 2.35. The molecule has 4 aromatic rings. The van der Waals surface area contributed by atoms with Gasteiger partial charge in [0, 0.05) is 29.4 Å². The molecule has 6 rings (SSSR count). The summed E-state index contributed by atoms with van der Waals surface area (Å²) in [6, 6.07) is 18.6. The molecule has 0 radical (unpaired) electrons. The number of likely N-dealkylation sites (tertiary alicyclic amines) is 1. The van der Waals surface area contributed by atoms with Gasteiger partial charge >= 0.3 is 0 Å². The lowest BCUT2D eigenvalue weighted by Crippen LogP contribution is -2.38. The molecule has 2 aromatic heterocycles. The number of piperidine rings is 1. The fraction of sp³-hybridized carbons (Fsp3) is 0.393. The van der Waals surface area contributed by atoms with Crippen molar-refractivity contribution in [2.24, 2.45) is 5.92 Å². The van der Waals surface area contributed by atoms with Gasteiger partial charge in [-0.3, -0.25) is 9.69 Å². The lowest BCUT2D eigenvalue weighted by atomic mass is 9.96. The fourth-order valence-corrected chi connectivity index (χ4v) is 5.47. The zero-order valence-corrected chi connectivity index (χ0v) is 19.5. The Morgan fingerprint density at radius 1 is 1.03 bits per heavy atom. The normalized spacial score (nSPS) is 17.1. The van der Waals surface area contributed by atoms with Crippen LogP contribution in [0.15, 0.2) is 59.0 Å². The Kier molecular flexibility index (Phi) is 5.75. The number of para-hydroxylation sites is 2. The molecule has 1 amide bonds. The highest BCUT2D eigenvalue weighted by atomic mass is 16.5. The van der Waals surface area contributed by atoms with Gasteiger partial charge in [-0.2, -0.15) is 0 Å². The summed E-state index contributed by atoms with van der Waals surface area (Å²) in [5.74, 6) is 2.50. The molecular weight excluding hydrogens is 426 g/mol. The third-order valence-electron chi connectivity index (χ3n) is 7.28. The van der Waals surface area contributed by atoms with Crippen LogP contribution >= 0.6 is 0 Å².